The third kappa shape index (κ3) is 4.05. The van der Waals surface area contributed by atoms with Crippen LogP contribution in [0, 0.1) is 0 Å². The van der Waals surface area contributed by atoms with Crippen molar-refractivity contribution in [2.45, 2.75) is 25.1 Å². The topological polar surface area (TPSA) is 0 Å². The van der Waals surface area contributed by atoms with Crippen LogP contribution in [-0.2, 0) is 0 Å². The van der Waals surface area contributed by atoms with E-state index in [1.54, 1.807) is 12.1 Å². The molecule has 3 rings (SSSR count). The molecule has 3 aromatic rings. The lowest BCUT2D eigenvalue weighted by Gasteiger charge is -2.37. The Morgan fingerprint density at radius 1 is 0.640 bits per heavy atom. The Morgan fingerprint density at radius 3 is 1.44 bits per heavy atom. The minimum atomic E-state index is -4.27. The smallest absolute Gasteiger partial charge is 0.163 e. The molecule has 0 bridgehead atoms. The van der Waals surface area contributed by atoms with Crippen molar-refractivity contribution in [2.75, 3.05) is 6.26 Å². The lowest BCUT2D eigenvalue weighted by Crippen LogP contribution is -2.02. The number of benzene rings is 3. The number of hydrogen-bond donors (Lipinski definition) is 0. The van der Waals surface area contributed by atoms with E-state index < -0.39 is 15.5 Å². The summed E-state index contributed by atoms with van der Waals surface area (Å²) in [5.41, 5.74) is -4.27. The molecule has 0 N–H and O–H groups in total. The summed E-state index contributed by atoms with van der Waals surface area (Å²) in [6, 6.07) is 27.0. The van der Waals surface area contributed by atoms with Crippen LogP contribution in [0.15, 0.2) is 105 Å². The van der Waals surface area contributed by atoms with E-state index in [9.17, 15) is 13.2 Å². The van der Waals surface area contributed by atoms with Crippen LogP contribution >= 0.6 is 21.8 Å². The second-order valence-electron chi connectivity index (χ2n) is 5.56. The molecular weight excluding hydrogens is 361 g/mol. The van der Waals surface area contributed by atoms with Crippen molar-refractivity contribution >= 4 is 21.8 Å². The molecule has 0 radical (unpaired) electrons. The zero-order chi connectivity index (χ0) is 17.9. The Labute approximate surface area is 151 Å². The van der Waals surface area contributed by atoms with Crippen LogP contribution in [0.2, 0.25) is 0 Å². The summed E-state index contributed by atoms with van der Waals surface area (Å²) in [7, 11) is -1.53. The lowest BCUT2D eigenvalue weighted by atomic mass is 10.4. The summed E-state index contributed by atoms with van der Waals surface area (Å²) < 4.78 is 37.7. The van der Waals surface area contributed by atoms with Gasteiger partial charge in [-0.05, 0) is 81.2 Å². The van der Waals surface area contributed by atoms with Gasteiger partial charge in [-0.3, -0.25) is 0 Å². The van der Waals surface area contributed by atoms with Crippen LogP contribution in [0.5, 0.6) is 0 Å². The molecule has 5 heteroatoms. The minimum absolute atomic E-state index is 0.0790. The van der Waals surface area contributed by atoms with E-state index in [0.29, 0.717) is 0 Å². The fourth-order valence-corrected chi connectivity index (χ4v) is 6.15. The molecule has 0 aliphatic rings. The van der Waals surface area contributed by atoms with E-state index in [2.05, 4.69) is 30.5 Å². The Kier molecular flexibility index (Phi) is 5.16. The van der Waals surface area contributed by atoms with Crippen molar-refractivity contribution in [3.05, 3.63) is 84.9 Å². The number of rotatable bonds is 4. The van der Waals surface area contributed by atoms with Crippen molar-refractivity contribution in [1.29, 1.82) is 0 Å². The molecule has 0 nitrogen and oxygen atoms in total. The molecule has 0 amide bonds. The lowest BCUT2D eigenvalue weighted by molar-refractivity contribution is -0.0328. The zero-order valence-corrected chi connectivity index (χ0v) is 15.2. The Hall–Kier alpha value is -1.85. The summed E-state index contributed by atoms with van der Waals surface area (Å²) in [5, 5.41) is 0. The van der Waals surface area contributed by atoms with E-state index >= 15 is 0 Å². The number of hydrogen-bond acceptors (Lipinski definition) is 1. The molecule has 25 heavy (non-hydrogen) atoms. The highest BCUT2D eigenvalue weighted by atomic mass is 32.3. The largest absolute Gasteiger partial charge is 0.446 e. The molecular formula is C20H17F3S2. The van der Waals surface area contributed by atoms with Gasteiger partial charge in [0.15, 0.2) is 0 Å². The van der Waals surface area contributed by atoms with Gasteiger partial charge in [-0.25, -0.2) is 0 Å². The monoisotopic (exact) mass is 378 g/mol. The highest BCUT2D eigenvalue weighted by molar-refractivity contribution is 8.33. The van der Waals surface area contributed by atoms with Crippen molar-refractivity contribution in [3.63, 3.8) is 0 Å². The second-order valence-corrected chi connectivity index (χ2v) is 9.95. The molecule has 0 unspecified atom stereocenters. The maximum atomic E-state index is 12.6. The van der Waals surface area contributed by atoms with Gasteiger partial charge in [0, 0.05) is 4.90 Å². The summed E-state index contributed by atoms with van der Waals surface area (Å²) in [4.78, 5) is 3.60. The van der Waals surface area contributed by atoms with Crippen molar-refractivity contribution in [3.8, 4) is 0 Å². The highest BCUT2D eigenvalue weighted by Crippen LogP contribution is 2.65. The van der Waals surface area contributed by atoms with Gasteiger partial charge in [-0.15, -0.1) is 0 Å². The fraction of sp³-hybridized carbons (Fsp3) is 0.100. The average Bonchev–Trinajstić information content (AvgIpc) is 2.62. The quantitative estimate of drug-likeness (QED) is 0.432. The second kappa shape index (κ2) is 7.18. The Bertz CT molecular complexity index is 774. The molecule has 0 aliphatic carbocycles. The minimum Gasteiger partial charge on any atom is -0.163 e. The van der Waals surface area contributed by atoms with Gasteiger partial charge in [0.25, 0.3) is 0 Å². The van der Waals surface area contributed by atoms with E-state index in [1.807, 2.05) is 48.5 Å². The number of halogens is 3. The van der Waals surface area contributed by atoms with Crippen molar-refractivity contribution in [2.24, 2.45) is 0 Å². The molecule has 0 heterocycles. The Balaban J connectivity index is 2.07. The zero-order valence-electron chi connectivity index (χ0n) is 13.5. The van der Waals surface area contributed by atoms with Crippen molar-refractivity contribution < 1.29 is 13.2 Å². The summed E-state index contributed by atoms with van der Waals surface area (Å²) >= 11 is -0.0790. The first-order chi connectivity index (χ1) is 11.9. The number of thioether (sulfide) groups is 1. The molecule has 0 fully saturated rings. The molecule has 130 valence electrons. The third-order valence-electron chi connectivity index (χ3n) is 3.96. The van der Waals surface area contributed by atoms with Crippen LogP contribution in [0.4, 0.5) is 13.2 Å². The standard InChI is InChI=1S/C20H17F3S2/c1-25(17-8-4-2-5-9-17,18-10-6-3-7-11-18)19-14-12-16(13-15-19)24-20(21,22)23/h2-15H,1H3. The molecule has 0 spiro atoms. The fourth-order valence-electron chi connectivity index (χ4n) is 2.71. The normalized spacial score (nSPS) is 12.8. The van der Waals surface area contributed by atoms with Crippen LogP contribution in [0.1, 0.15) is 0 Å². The van der Waals surface area contributed by atoms with E-state index in [-0.39, 0.29) is 16.7 Å². The molecule has 0 atom stereocenters. The van der Waals surface area contributed by atoms with Crippen LogP contribution in [0.25, 0.3) is 0 Å². The van der Waals surface area contributed by atoms with Crippen LogP contribution in [-0.4, -0.2) is 11.8 Å². The number of alkyl halides is 3. The first-order valence-corrected chi connectivity index (χ1v) is 10.5. The summed E-state index contributed by atoms with van der Waals surface area (Å²) in [5.74, 6) is 0. The van der Waals surface area contributed by atoms with Crippen LogP contribution in [0.3, 0.4) is 0 Å². The Morgan fingerprint density at radius 2 is 1.04 bits per heavy atom. The van der Waals surface area contributed by atoms with Gasteiger partial charge >= 0.3 is 5.51 Å². The average molecular weight is 378 g/mol. The first-order valence-electron chi connectivity index (χ1n) is 7.64. The van der Waals surface area contributed by atoms with Gasteiger partial charge in [-0.2, -0.15) is 23.2 Å². The molecule has 0 aromatic heterocycles. The van der Waals surface area contributed by atoms with Gasteiger partial charge in [0.2, 0.25) is 0 Å². The SMILES string of the molecule is CS(c1ccccc1)(c1ccccc1)c1ccc(SC(F)(F)F)cc1. The van der Waals surface area contributed by atoms with E-state index in [0.717, 1.165) is 4.90 Å². The predicted octanol–water partition coefficient (Wildman–Crippen LogP) is 7.21. The van der Waals surface area contributed by atoms with E-state index in [1.165, 1.54) is 9.79 Å². The van der Waals surface area contributed by atoms with Gasteiger partial charge in [-0.1, -0.05) is 36.4 Å². The first kappa shape index (κ1) is 18.0. The molecule has 0 saturated heterocycles. The van der Waals surface area contributed by atoms with Gasteiger partial charge < -0.3 is 0 Å². The predicted molar refractivity (Wildman–Crippen MR) is 99.6 cm³/mol. The maximum Gasteiger partial charge on any atom is 0.446 e. The summed E-state index contributed by atoms with van der Waals surface area (Å²) in [6.07, 6.45) is 2.18. The molecule has 0 saturated carbocycles. The third-order valence-corrected chi connectivity index (χ3v) is 8.34. The van der Waals surface area contributed by atoms with Gasteiger partial charge in [0.05, 0.1) is 0 Å². The van der Waals surface area contributed by atoms with E-state index in [4.69, 9.17) is 0 Å². The molecule has 3 aromatic carbocycles. The maximum absolute atomic E-state index is 12.6. The highest BCUT2D eigenvalue weighted by Gasteiger charge is 2.30. The summed E-state index contributed by atoms with van der Waals surface area (Å²) in [6.45, 7) is 0. The van der Waals surface area contributed by atoms with Gasteiger partial charge in [0.1, 0.15) is 0 Å². The molecule has 0 aliphatic heterocycles. The van der Waals surface area contributed by atoms with Crippen LogP contribution < -0.4 is 0 Å². The van der Waals surface area contributed by atoms with Crippen molar-refractivity contribution in [1.82, 2.24) is 0 Å².